The van der Waals surface area contributed by atoms with E-state index in [0.717, 1.165) is 5.56 Å². The van der Waals surface area contributed by atoms with Gasteiger partial charge in [0.1, 0.15) is 11.6 Å². The molecule has 0 aliphatic rings. The van der Waals surface area contributed by atoms with E-state index < -0.39 is 0 Å². The molecule has 0 bridgehead atoms. The highest BCUT2D eigenvalue weighted by Gasteiger charge is 2.12. The van der Waals surface area contributed by atoms with Gasteiger partial charge in [0, 0.05) is 6.20 Å². The fourth-order valence-electron chi connectivity index (χ4n) is 1.22. The molecule has 2 aromatic heterocycles. The molecule has 6 nitrogen and oxygen atoms in total. The van der Waals surface area contributed by atoms with Crippen molar-refractivity contribution in [2.45, 2.75) is 13.8 Å². The standard InChI is InChI=1S/C10H11N5O/c1-6-4-3-5-11-8(6)13-10(16)9-12-7(2)14-15-9/h3-5H,1-2H3,(H,11,13,16)(H,12,14,15). The Kier molecular flexibility index (Phi) is 2.63. The van der Waals surface area contributed by atoms with Crippen LogP contribution < -0.4 is 5.32 Å². The van der Waals surface area contributed by atoms with Gasteiger partial charge >= 0.3 is 0 Å². The summed E-state index contributed by atoms with van der Waals surface area (Å²) in [5.74, 6) is 0.867. The molecule has 2 heterocycles. The van der Waals surface area contributed by atoms with Crippen LogP contribution in [0.5, 0.6) is 0 Å². The summed E-state index contributed by atoms with van der Waals surface area (Å²) in [6, 6.07) is 3.67. The summed E-state index contributed by atoms with van der Waals surface area (Å²) in [6.45, 7) is 3.60. The highest BCUT2D eigenvalue weighted by Crippen LogP contribution is 2.09. The van der Waals surface area contributed by atoms with E-state index in [1.807, 2.05) is 19.1 Å². The summed E-state index contributed by atoms with van der Waals surface area (Å²) in [4.78, 5) is 19.7. The SMILES string of the molecule is Cc1nc(C(=O)Nc2ncccc2C)n[nH]1. The number of H-pyrrole nitrogens is 1. The first-order valence-corrected chi connectivity index (χ1v) is 4.79. The Hall–Kier alpha value is -2.24. The number of nitrogens with zero attached hydrogens (tertiary/aromatic N) is 3. The van der Waals surface area contributed by atoms with Gasteiger partial charge in [-0.1, -0.05) is 6.07 Å². The highest BCUT2D eigenvalue weighted by atomic mass is 16.2. The van der Waals surface area contributed by atoms with Crippen molar-refractivity contribution in [2.75, 3.05) is 5.32 Å². The van der Waals surface area contributed by atoms with Crippen LogP contribution in [0.2, 0.25) is 0 Å². The van der Waals surface area contributed by atoms with Crippen molar-refractivity contribution in [3.8, 4) is 0 Å². The lowest BCUT2D eigenvalue weighted by Crippen LogP contribution is -2.15. The number of amides is 1. The minimum Gasteiger partial charge on any atom is -0.304 e. The van der Waals surface area contributed by atoms with E-state index in [1.165, 1.54) is 0 Å². The van der Waals surface area contributed by atoms with Gasteiger partial charge < -0.3 is 5.32 Å². The number of anilines is 1. The van der Waals surface area contributed by atoms with Crippen molar-refractivity contribution in [2.24, 2.45) is 0 Å². The third-order valence-corrected chi connectivity index (χ3v) is 2.04. The van der Waals surface area contributed by atoms with Gasteiger partial charge in [-0.25, -0.2) is 9.97 Å². The molecule has 0 saturated heterocycles. The zero-order valence-electron chi connectivity index (χ0n) is 8.98. The van der Waals surface area contributed by atoms with E-state index in [9.17, 15) is 4.79 Å². The van der Waals surface area contributed by atoms with Crippen LogP contribution in [0, 0.1) is 13.8 Å². The van der Waals surface area contributed by atoms with Crippen LogP contribution in [0.15, 0.2) is 18.3 Å². The number of carbonyl (C=O) groups excluding carboxylic acids is 1. The first kappa shape index (κ1) is 10.3. The Morgan fingerprint density at radius 2 is 2.25 bits per heavy atom. The molecule has 0 aliphatic heterocycles. The quantitative estimate of drug-likeness (QED) is 0.788. The largest absolute Gasteiger partial charge is 0.304 e. The maximum Gasteiger partial charge on any atom is 0.296 e. The molecule has 0 saturated carbocycles. The molecule has 2 aromatic rings. The van der Waals surface area contributed by atoms with Crippen molar-refractivity contribution in [3.05, 3.63) is 35.5 Å². The molecule has 2 N–H and O–H groups in total. The van der Waals surface area contributed by atoms with E-state index in [0.29, 0.717) is 11.6 Å². The van der Waals surface area contributed by atoms with Crippen molar-refractivity contribution in [3.63, 3.8) is 0 Å². The second-order valence-corrected chi connectivity index (χ2v) is 3.37. The Morgan fingerprint density at radius 1 is 1.44 bits per heavy atom. The van der Waals surface area contributed by atoms with Gasteiger partial charge in [-0.05, 0) is 25.5 Å². The number of aryl methyl sites for hydroxylation is 2. The summed E-state index contributed by atoms with van der Waals surface area (Å²) >= 11 is 0. The monoisotopic (exact) mass is 217 g/mol. The fraction of sp³-hybridized carbons (Fsp3) is 0.200. The number of aromatic amines is 1. The number of hydrogen-bond donors (Lipinski definition) is 2. The van der Waals surface area contributed by atoms with Crippen LogP contribution in [0.25, 0.3) is 0 Å². The van der Waals surface area contributed by atoms with Gasteiger partial charge in [0.05, 0.1) is 0 Å². The molecular weight excluding hydrogens is 206 g/mol. The number of carbonyl (C=O) groups is 1. The smallest absolute Gasteiger partial charge is 0.296 e. The van der Waals surface area contributed by atoms with E-state index >= 15 is 0 Å². The molecule has 0 atom stereocenters. The Morgan fingerprint density at radius 3 is 2.88 bits per heavy atom. The maximum absolute atomic E-state index is 11.7. The number of hydrogen-bond acceptors (Lipinski definition) is 4. The summed E-state index contributed by atoms with van der Waals surface area (Å²) in [7, 11) is 0. The van der Waals surface area contributed by atoms with Crippen molar-refractivity contribution < 1.29 is 4.79 Å². The third kappa shape index (κ3) is 2.05. The second kappa shape index (κ2) is 4.09. The number of rotatable bonds is 2. The topological polar surface area (TPSA) is 83.6 Å². The average molecular weight is 217 g/mol. The molecule has 6 heteroatoms. The molecule has 0 unspecified atom stereocenters. The summed E-state index contributed by atoms with van der Waals surface area (Å²) in [5.41, 5.74) is 0.892. The lowest BCUT2D eigenvalue weighted by atomic mass is 10.3. The summed E-state index contributed by atoms with van der Waals surface area (Å²) in [6.07, 6.45) is 1.62. The Labute approximate surface area is 92.1 Å². The van der Waals surface area contributed by atoms with Gasteiger partial charge in [-0.2, -0.15) is 0 Å². The molecule has 16 heavy (non-hydrogen) atoms. The van der Waals surface area contributed by atoms with Crippen LogP contribution in [0.4, 0.5) is 5.82 Å². The predicted molar refractivity (Wildman–Crippen MR) is 58.0 cm³/mol. The van der Waals surface area contributed by atoms with E-state index in [4.69, 9.17) is 0 Å². The minimum atomic E-state index is -0.369. The van der Waals surface area contributed by atoms with E-state index in [1.54, 1.807) is 13.1 Å². The molecule has 0 aromatic carbocycles. The normalized spacial score (nSPS) is 10.1. The van der Waals surface area contributed by atoms with Gasteiger partial charge in [-0.15, -0.1) is 5.10 Å². The first-order chi connectivity index (χ1) is 7.66. The van der Waals surface area contributed by atoms with Crippen LogP contribution in [-0.2, 0) is 0 Å². The zero-order chi connectivity index (χ0) is 11.5. The van der Waals surface area contributed by atoms with Crippen LogP contribution in [0.1, 0.15) is 22.0 Å². The van der Waals surface area contributed by atoms with Crippen molar-refractivity contribution in [1.82, 2.24) is 20.2 Å². The van der Waals surface area contributed by atoms with Crippen molar-refractivity contribution in [1.29, 1.82) is 0 Å². The molecule has 0 fully saturated rings. The Balaban J connectivity index is 2.17. The second-order valence-electron chi connectivity index (χ2n) is 3.37. The maximum atomic E-state index is 11.7. The first-order valence-electron chi connectivity index (χ1n) is 4.79. The zero-order valence-corrected chi connectivity index (χ0v) is 8.98. The van der Waals surface area contributed by atoms with Gasteiger partial charge in [0.2, 0.25) is 5.82 Å². The summed E-state index contributed by atoms with van der Waals surface area (Å²) < 4.78 is 0. The van der Waals surface area contributed by atoms with Crippen LogP contribution in [0.3, 0.4) is 0 Å². The molecule has 2 rings (SSSR count). The summed E-state index contributed by atoms with van der Waals surface area (Å²) in [5, 5.41) is 9.02. The molecule has 82 valence electrons. The van der Waals surface area contributed by atoms with Crippen molar-refractivity contribution >= 4 is 11.7 Å². The molecular formula is C10H11N5O. The number of aromatic nitrogens is 4. The number of pyridine rings is 1. The molecule has 0 aliphatic carbocycles. The van der Waals surface area contributed by atoms with Crippen LogP contribution in [-0.4, -0.2) is 26.1 Å². The fourth-order valence-corrected chi connectivity index (χ4v) is 1.22. The van der Waals surface area contributed by atoms with E-state index in [-0.39, 0.29) is 11.7 Å². The average Bonchev–Trinajstić information content (AvgIpc) is 2.68. The lowest BCUT2D eigenvalue weighted by molar-refractivity contribution is 0.101. The van der Waals surface area contributed by atoms with E-state index in [2.05, 4.69) is 25.5 Å². The Bertz CT molecular complexity index is 519. The molecule has 0 radical (unpaired) electrons. The van der Waals surface area contributed by atoms with Gasteiger partial charge in [0.15, 0.2) is 0 Å². The molecule has 1 amide bonds. The lowest BCUT2D eigenvalue weighted by Gasteiger charge is -2.03. The molecule has 0 spiro atoms. The highest BCUT2D eigenvalue weighted by molar-refractivity contribution is 6.01. The third-order valence-electron chi connectivity index (χ3n) is 2.04. The van der Waals surface area contributed by atoms with Crippen LogP contribution >= 0.6 is 0 Å². The van der Waals surface area contributed by atoms with Gasteiger partial charge in [-0.3, -0.25) is 9.89 Å². The number of nitrogens with one attached hydrogen (secondary N) is 2. The predicted octanol–water partition coefficient (Wildman–Crippen LogP) is 1.07. The van der Waals surface area contributed by atoms with Gasteiger partial charge in [0.25, 0.3) is 5.91 Å². The minimum absolute atomic E-state index is 0.113.